The molecule has 1 aromatic carbocycles. The average Bonchev–Trinajstić information content (AvgIpc) is 3.30. The van der Waals surface area contributed by atoms with E-state index in [0.717, 1.165) is 30.8 Å². The van der Waals surface area contributed by atoms with Gasteiger partial charge in [0.25, 0.3) is 0 Å². The maximum atomic E-state index is 12.3. The van der Waals surface area contributed by atoms with Crippen molar-refractivity contribution in [1.82, 2.24) is 10.3 Å². The molecule has 7 nitrogen and oxygen atoms in total. The van der Waals surface area contributed by atoms with Crippen LogP contribution in [-0.2, 0) is 26.1 Å². The largest absolute Gasteiger partial charge is 0.497 e. The van der Waals surface area contributed by atoms with Gasteiger partial charge in [0.1, 0.15) is 17.3 Å². The number of aryl methyl sites for hydroxylation is 1. The van der Waals surface area contributed by atoms with Crippen molar-refractivity contribution in [2.24, 2.45) is 0 Å². The summed E-state index contributed by atoms with van der Waals surface area (Å²) >= 11 is 0. The van der Waals surface area contributed by atoms with Crippen LogP contribution < -0.4 is 10.1 Å². The van der Waals surface area contributed by atoms with Crippen molar-refractivity contribution in [3.05, 3.63) is 35.7 Å². The van der Waals surface area contributed by atoms with Gasteiger partial charge in [-0.25, -0.2) is 4.98 Å². The number of carbonyl (C=O) groups is 1. The topological polar surface area (TPSA) is 90.7 Å². The molecule has 2 atom stereocenters. The zero-order chi connectivity index (χ0) is 19.2. The molecule has 0 unspecified atom stereocenters. The van der Waals surface area contributed by atoms with E-state index in [1.165, 1.54) is 0 Å². The number of rotatable bonds is 8. The molecule has 0 radical (unpaired) electrons. The Kier molecular flexibility index (Phi) is 6.63. The summed E-state index contributed by atoms with van der Waals surface area (Å²) < 4.78 is 28.6. The van der Waals surface area contributed by atoms with E-state index in [2.05, 4.69) is 10.3 Å². The number of aromatic nitrogens is 1. The molecule has 0 spiro atoms. The second-order valence-corrected chi connectivity index (χ2v) is 7.88. The fraction of sp³-hybridized carbons (Fsp3) is 0.474. The Morgan fingerprint density at radius 1 is 1.37 bits per heavy atom. The average molecular weight is 392 g/mol. The quantitative estimate of drug-likeness (QED) is 0.741. The maximum absolute atomic E-state index is 12.3. The summed E-state index contributed by atoms with van der Waals surface area (Å²) in [6, 6.07) is 7.35. The normalized spacial score (nSPS) is 17.6. The van der Waals surface area contributed by atoms with Gasteiger partial charge in [-0.1, -0.05) is 0 Å². The van der Waals surface area contributed by atoms with Crippen LogP contribution in [0.25, 0.3) is 11.5 Å². The Bertz CT molecular complexity index is 797. The fourth-order valence-electron chi connectivity index (χ4n) is 2.85. The Morgan fingerprint density at radius 2 is 2.15 bits per heavy atom. The number of benzene rings is 1. The molecule has 0 saturated carbocycles. The molecule has 0 aliphatic carbocycles. The van der Waals surface area contributed by atoms with E-state index >= 15 is 0 Å². The Hall–Kier alpha value is -2.19. The Morgan fingerprint density at radius 3 is 2.81 bits per heavy atom. The highest BCUT2D eigenvalue weighted by Gasteiger charge is 2.19. The van der Waals surface area contributed by atoms with Crippen molar-refractivity contribution < 1.29 is 22.9 Å². The molecule has 1 amide bonds. The van der Waals surface area contributed by atoms with Crippen LogP contribution in [0.5, 0.6) is 5.75 Å². The second kappa shape index (κ2) is 9.14. The molecule has 3 rings (SSSR count). The first-order valence-electron chi connectivity index (χ1n) is 8.89. The molecule has 146 valence electrons. The molecule has 1 saturated heterocycles. The number of nitrogens with zero attached hydrogens (tertiary/aromatic N) is 1. The van der Waals surface area contributed by atoms with Crippen LogP contribution in [0.15, 0.2) is 28.7 Å². The van der Waals surface area contributed by atoms with Crippen LogP contribution in [0, 0.1) is 6.92 Å². The van der Waals surface area contributed by atoms with Crippen molar-refractivity contribution in [2.45, 2.75) is 31.6 Å². The molecule has 1 aliphatic heterocycles. The van der Waals surface area contributed by atoms with Gasteiger partial charge in [0, 0.05) is 29.5 Å². The minimum atomic E-state index is -1.36. The van der Waals surface area contributed by atoms with Crippen molar-refractivity contribution >= 4 is 16.7 Å². The van der Waals surface area contributed by atoms with Crippen molar-refractivity contribution in [2.75, 3.05) is 26.0 Å². The molecule has 1 N–H and O–H groups in total. The predicted octanol–water partition coefficient (Wildman–Crippen LogP) is 2.20. The summed E-state index contributed by atoms with van der Waals surface area (Å²) in [6.07, 6.45) is 2.05. The third kappa shape index (κ3) is 5.40. The minimum absolute atomic E-state index is 0.0586. The molecular formula is C19H24N2O5S. The SMILES string of the molecule is COc1ccc(-c2nc(C[S@](=O)CC(=O)NC[C@H]3CCCO3)c(C)o2)cc1. The zero-order valence-electron chi connectivity index (χ0n) is 15.5. The lowest BCUT2D eigenvalue weighted by atomic mass is 10.2. The van der Waals surface area contributed by atoms with Crippen LogP contribution in [-0.4, -0.2) is 47.2 Å². The van der Waals surface area contributed by atoms with E-state index < -0.39 is 10.8 Å². The van der Waals surface area contributed by atoms with Gasteiger partial charge in [-0.05, 0) is 44.0 Å². The first kappa shape index (κ1) is 19.6. The van der Waals surface area contributed by atoms with Gasteiger partial charge in [0.05, 0.1) is 24.7 Å². The molecule has 0 bridgehead atoms. The third-order valence-corrected chi connectivity index (χ3v) is 5.55. The highest BCUT2D eigenvalue weighted by Crippen LogP contribution is 2.24. The highest BCUT2D eigenvalue weighted by atomic mass is 32.2. The summed E-state index contributed by atoms with van der Waals surface area (Å²) in [5.41, 5.74) is 1.41. The summed E-state index contributed by atoms with van der Waals surface area (Å²) in [5, 5.41) is 2.79. The Balaban J connectivity index is 1.54. The first-order valence-corrected chi connectivity index (χ1v) is 10.4. The second-order valence-electron chi connectivity index (χ2n) is 6.42. The lowest BCUT2D eigenvalue weighted by Crippen LogP contribution is -2.34. The standard InChI is InChI=1S/C19H24N2O5S/c1-13-17(21-19(26-13)14-5-7-15(24-2)8-6-14)11-27(23)12-18(22)20-10-16-4-3-9-25-16/h5-8,16H,3-4,9-12H2,1-2H3,(H,20,22)/t16-,27+/m1/s1. The maximum Gasteiger partial charge on any atom is 0.232 e. The monoisotopic (exact) mass is 392 g/mol. The van der Waals surface area contributed by atoms with Gasteiger partial charge in [0.2, 0.25) is 11.8 Å². The number of methoxy groups -OCH3 is 1. The lowest BCUT2D eigenvalue weighted by Gasteiger charge is -2.10. The van der Waals surface area contributed by atoms with Gasteiger partial charge in [-0.15, -0.1) is 0 Å². The predicted molar refractivity (Wildman–Crippen MR) is 102 cm³/mol. The number of amides is 1. The summed E-state index contributed by atoms with van der Waals surface area (Å²) in [7, 11) is 0.248. The number of hydrogen-bond donors (Lipinski definition) is 1. The zero-order valence-corrected chi connectivity index (χ0v) is 16.3. The lowest BCUT2D eigenvalue weighted by molar-refractivity contribution is -0.119. The van der Waals surface area contributed by atoms with Crippen molar-refractivity contribution in [3.8, 4) is 17.2 Å². The number of hydrogen-bond acceptors (Lipinski definition) is 6. The van der Waals surface area contributed by atoms with Crippen LogP contribution in [0.1, 0.15) is 24.3 Å². The fourth-order valence-corrected chi connectivity index (χ4v) is 3.92. The minimum Gasteiger partial charge on any atom is -0.497 e. The summed E-state index contributed by atoms with van der Waals surface area (Å²) in [6.45, 7) is 3.00. The first-order chi connectivity index (χ1) is 13.0. The van der Waals surface area contributed by atoms with E-state index in [1.54, 1.807) is 14.0 Å². The van der Waals surface area contributed by atoms with Crippen LogP contribution in [0.2, 0.25) is 0 Å². The summed E-state index contributed by atoms with van der Waals surface area (Å²) in [5.74, 6) is 1.70. The smallest absolute Gasteiger partial charge is 0.232 e. The van der Waals surface area contributed by atoms with Gasteiger partial charge in [0.15, 0.2) is 0 Å². The molecule has 1 aliphatic rings. The van der Waals surface area contributed by atoms with Crippen LogP contribution >= 0.6 is 0 Å². The van der Waals surface area contributed by atoms with Crippen molar-refractivity contribution in [1.29, 1.82) is 0 Å². The molecule has 2 heterocycles. The molecule has 1 fully saturated rings. The number of ether oxygens (including phenoxy) is 2. The molecular weight excluding hydrogens is 368 g/mol. The van der Waals surface area contributed by atoms with Crippen LogP contribution in [0.4, 0.5) is 0 Å². The highest BCUT2D eigenvalue weighted by molar-refractivity contribution is 7.84. The van der Waals surface area contributed by atoms with E-state index in [4.69, 9.17) is 13.9 Å². The van der Waals surface area contributed by atoms with Crippen LogP contribution in [0.3, 0.4) is 0 Å². The van der Waals surface area contributed by atoms with Gasteiger partial charge in [-0.3, -0.25) is 9.00 Å². The van der Waals surface area contributed by atoms with Crippen molar-refractivity contribution in [3.63, 3.8) is 0 Å². The third-order valence-electron chi connectivity index (χ3n) is 4.37. The Labute approximate surface area is 160 Å². The van der Waals surface area contributed by atoms with E-state index in [1.807, 2.05) is 24.3 Å². The number of carbonyl (C=O) groups excluding carboxylic acids is 1. The van der Waals surface area contributed by atoms with Gasteiger partial charge >= 0.3 is 0 Å². The molecule has 27 heavy (non-hydrogen) atoms. The van der Waals surface area contributed by atoms with Gasteiger partial charge in [-0.2, -0.15) is 0 Å². The number of nitrogens with one attached hydrogen (secondary N) is 1. The van der Waals surface area contributed by atoms with E-state index in [9.17, 15) is 9.00 Å². The van der Waals surface area contributed by atoms with Gasteiger partial charge < -0.3 is 19.2 Å². The van der Waals surface area contributed by atoms with E-state index in [-0.39, 0.29) is 23.5 Å². The summed E-state index contributed by atoms with van der Waals surface area (Å²) in [4.78, 5) is 16.4. The molecule has 1 aromatic heterocycles. The van der Waals surface area contributed by atoms with E-state index in [0.29, 0.717) is 23.9 Å². The molecule has 2 aromatic rings. The number of oxazole rings is 1. The molecule has 8 heteroatoms.